The highest BCUT2D eigenvalue weighted by Crippen LogP contribution is 2.24. The van der Waals surface area contributed by atoms with E-state index in [4.69, 9.17) is 11.6 Å². The van der Waals surface area contributed by atoms with E-state index < -0.39 is 6.10 Å². The molecule has 2 unspecified atom stereocenters. The Hall–Kier alpha value is -2.04. The maximum absolute atomic E-state index is 12.7. The number of aliphatic hydroxyl groups is 1. The maximum atomic E-state index is 12.7. The van der Waals surface area contributed by atoms with E-state index in [0.29, 0.717) is 24.5 Å². The number of hydrogen-bond acceptors (Lipinski definition) is 2. The fourth-order valence-corrected chi connectivity index (χ4v) is 3.41. The number of rotatable bonds is 4. The summed E-state index contributed by atoms with van der Waals surface area (Å²) in [4.78, 5) is 14.4. The minimum atomic E-state index is -0.432. The normalized spacial score (nSPS) is 18.6. The van der Waals surface area contributed by atoms with E-state index in [2.05, 4.69) is 5.32 Å². The van der Waals surface area contributed by atoms with Crippen LogP contribution >= 0.6 is 11.6 Å². The maximum Gasteiger partial charge on any atom is 0.317 e. The van der Waals surface area contributed by atoms with E-state index in [0.717, 1.165) is 24.0 Å². The Labute approximate surface area is 153 Å². The molecule has 1 fully saturated rings. The van der Waals surface area contributed by atoms with Gasteiger partial charge in [-0.25, -0.2) is 4.79 Å². The number of nitrogens with zero attached hydrogens (tertiary/aromatic N) is 1. The fourth-order valence-electron chi connectivity index (χ4n) is 3.20. The van der Waals surface area contributed by atoms with Crippen LogP contribution in [0.3, 0.4) is 0 Å². The zero-order chi connectivity index (χ0) is 17.6. The van der Waals surface area contributed by atoms with E-state index in [9.17, 15) is 9.90 Å². The quantitative estimate of drug-likeness (QED) is 0.873. The van der Waals surface area contributed by atoms with Crippen LogP contribution < -0.4 is 5.32 Å². The lowest BCUT2D eigenvalue weighted by Gasteiger charge is -2.32. The summed E-state index contributed by atoms with van der Waals surface area (Å²) in [5, 5.41) is 13.6. The van der Waals surface area contributed by atoms with Crippen LogP contribution in [0.5, 0.6) is 0 Å². The molecule has 0 aromatic heterocycles. The van der Waals surface area contributed by atoms with Gasteiger partial charge in [-0.2, -0.15) is 0 Å². The second-order valence-electron chi connectivity index (χ2n) is 6.45. The molecule has 2 aromatic rings. The first kappa shape index (κ1) is 17.8. The third-order valence-electron chi connectivity index (χ3n) is 4.57. The molecule has 0 radical (unpaired) electrons. The summed E-state index contributed by atoms with van der Waals surface area (Å²) in [5.41, 5.74) is 2.03. The number of nitrogens with one attached hydrogen (secondary N) is 1. The van der Waals surface area contributed by atoms with Crippen molar-refractivity contribution in [3.8, 4) is 0 Å². The van der Waals surface area contributed by atoms with Crippen LogP contribution in [0.1, 0.15) is 30.0 Å². The van der Waals surface area contributed by atoms with E-state index >= 15 is 0 Å². The summed E-state index contributed by atoms with van der Waals surface area (Å²) in [6.07, 6.45) is 1.77. The molecular weight excluding hydrogens is 336 g/mol. The van der Waals surface area contributed by atoms with Crippen LogP contribution in [0, 0.1) is 0 Å². The fraction of sp³-hybridized carbons (Fsp3) is 0.350. The molecule has 3 rings (SSSR count). The number of benzene rings is 2. The van der Waals surface area contributed by atoms with Crippen molar-refractivity contribution in [2.45, 2.75) is 31.4 Å². The number of piperidine rings is 1. The first-order valence-electron chi connectivity index (χ1n) is 8.65. The summed E-state index contributed by atoms with van der Waals surface area (Å²) >= 11 is 6.30. The molecular formula is C20H23ClN2O2. The van der Waals surface area contributed by atoms with Gasteiger partial charge in [-0.1, -0.05) is 60.1 Å². The second kappa shape index (κ2) is 8.37. The minimum absolute atomic E-state index is 0.139. The average Bonchev–Trinajstić information content (AvgIpc) is 2.63. The number of halogens is 1. The molecule has 2 amide bonds. The molecule has 1 saturated heterocycles. The molecule has 132 valence electrons. The zero-order valence-electron chi connectivity index (χ0n) is 14.1. The molecule has 1 aliphatic rings. The Bertz CT molecular complexity index is 708. The van der Waals surface area contributed by atoms with Crippen LogP contribution in [0.2, 0.25) is 5.02 Å². The first-order chi connectivity index (χ1) is 12.1. The number of hydrogen-bond donors (Lipinski definition) is 2. The van der Waals surface area contributed by atoms with Crippen molar-refractivity contribution in [3.05, 3.63) is 70.7 Å². The summed E-state index contributed by atoms with van der Waals surface area (Å²) < 4.78 is 0. The minimum Gasteiger partial charge on any atom is -0.391 e. The largest absolute Gasteiger partial charge is 0.391 e. The average molecular weight is 359 g/mol. The van der Waals surface area contributed by atoms with Crippen LogP contribution in [-0.4, -0.2) is 35.2 Å². The topological polar surface area (TPSA) is 52.6 Å². The molecule has 5 heteroatoms. The smallest absolute Gasteiger partial charge is 0.317 e. The van der Waals surface area contributed by atoms with E-state index in [-0.39, 0.29) is 12.1 Å². The highest BCUT2D eigenvalue weighted by Gasteiger charge is 2.24. The van der Waals surface area contributed by atoms with Crippen molar-refractivity contribution < 1.29 is 9.90 Å². The lowest BCUT2D eigenvalue weighted by molar-refractivity contribution is 0.0833. The van der Waals surface area contributed by atoms with Gasteiger partial charge in [0.25, 0.3) is 0 Å². The molecule has 4 nitrogen and oxygen atoms in total. The van der Waals surface area contributed by atoms with Crippen LogP contribution in [0.4, 0.5) is 4.79 Å². The zero-order valence-corrected chi connectivity index (χ0v) is 14.8. The van der Waals surface area contributed by atoms with Gasteiger partial charge in [0.1, 0.15) is 0 Å². The van der Waals surface area contributed by atoms with Gasteiger partial charge < -0.3 is 15.3 Å². The summed E-state index contributed by atoms with van der Waals surface area (Å²) in [6, 6.07) is 17.3. The number of β-amino-alcohol motifs (C(OH)–C–C–N with tert-alkyl or cyclic N) is 1. The van der Waals surface area contributed by atoms with Gasteiger partial charge >= 0.3 is 6.03 Å². The van der Waals surface area contributed by atoms with Gasteiger partial charge in [-0.3, -0.25) is 0 Å². The monoisotopic (exact) mass is 358 g/mol. The van der Waals surface area contributed by atoms with Crippen molar-refractivity contribution in [3.63, 3.8) is 0 Å². The number of carbonyl (C=O) groups excluding carboxylic acids is 1. The number of aliphatic hydroxyl groups excluding tert-OH is 1. The number of likely N-dealkylation sites (tertiary alicyclic amines) is 1. The Morgan fingerprint density at radius 3 is 2.64 bits per heavy atom. The Morgan fingerprint density at radius 1 is 1.20 bits per heavy atom. The Morgan fingerprint density at radius 2 is 1.92 bits per heavy atom. The molecule has 1 aliphatic heterocycles. The molecule has 2 atom stereocenters. The van der Waals surface area contributed by atoms with Gasteiger partial charge in [0.2, 0.25) is 0 Å². The van der Waals surface area contributed by atoms with Gasteiger partial charge in [0.05, 0.1) is 12.1 Å². The predicted molar refractivity (Wildman–Crippen MR) is 99.7 cm³/mol. The van der Waals surface area contributed by atoms with Gasteiger partial charge in [0, 0.05) is 18.1 Å². The highest BCUT2D eigenvalue weighted by molar-refractivity contribution is 6.31. The van der Waals surface area contributed by atoms with E-state index in [1.807, 2.05) is 54.6 Å². The van der Waals surface area contributed by atoms with Crippen molar-refractivity contribution >= 4 is 17.6 Å². The lowest BCUT2D eigenvalue weighted by atomic mass is 9.99. The summed E-state index contributed by atoms with van der Waals surface area (Å²) in [7, 11) is 0. The molecule has 2 aromatic carbocycles. The molecule has 1 heterocycles. The van der Waals surface area contributed by atoms with Crippen LogP contribution in [-0.2, 0) is 6.42 Å². The Balaban J connectivity index is 1.77. The molecule has 25 heavy (non-hydrogen) atoms. The van der Waals surface area contributed by atoms with Gasteiger partial charge in [-0.05, 0) is 36.5 Å². The van der Waals surface area contributed by atoms with Crippen LogP contribution in [0.25, 0.3) is 0 Å². The number of carbonyl (C=O) groups is 1. The van der Waals surface area contributed by atoms with Crippen molar-refractivity contribution in [2.75, 3.05) is 13.1 Å². The van der Waals surface area contributed by atoms with Crippen molar-refractivity contribution in [1.82, 2.24) is 10.2 Å². The highest BCUT2D eigenvalue weighted by atomic mass is 35.5. The molecule has 2 N–H and O–H groups in total. The SMILES string of the molecule is O=C(NC(Cc1ccccc1Cl)c1ccccc1)N1CCCC(O)C1. The standard InChI is InChI=1S/C20H23ClN2O2/c21-18-11-5-4-9-16(18)13-19(15-7-2-1-3-8-15)22-20(25)23-12-6-10-17(24)14-23/h1-5,7-9,11,17,19,24H,6,10,12-14H2,(H,22,25). The molecule has 0 aliphatic carbocycles. The lowest BCUT2D eigenvalue weighted by Crippen LogP contribution is -2.48. The first-order valence-corrected chi connectivity index (χ1v) is 9.03. The third-order valence-corrected chi connectivity index (χ3v) is 4.93. The number of amides is 2. The second-order valence-corrected chi connectivity index (χ2v) is 6.86. The number of urea groups is 1. The third kappa shape index (κ3) is 4.74. The Kier molecular flexibility index (Phi) is 5.95. The van der Waals surface area contributed by atoms with Crippen LogP contribution in [0.15, 0.2) is 54.6 Å². The van der Waals surface area contributed by atoms with Crippen molar-refractivity contribution in [2.24, 2.45) is 0 Å². The van der Waals surface area contributed by atoms with E-state index in [1.54, 1.807) is 4.90 Å². The predicted octanol–water partition coefficient (Wildman–Crippen LogP) is 3.79. The summed E-state index contributed by atoms with van der Waals surface area (Å²) in [6.45, 7) is 1.07. The summed E-state index contributed by atoms with van der Waals surface area (Å²) in [5.74, 6) is 0. The molecule has 0 spiro atoms. The van der Waals surface area contributed by atoms with Gasteiger partial charge in [0.15, 0.2) is 0 Å². The van der Waals surface area contributed by atoms with E-state index in [1.165, 1.54) is 0 Å². The molecule has 0 bridgehead atoms. The van der Waals surface area contributed by atoms with Gasteiger partial charge in [-0.15, -0.1) is 0 Å². The molecule has 0 saturated carbocycles. The van der Waals surface area contributed by atoms with Crippen molar-refractivity contribution in [1.29, 1.82) is 0 Å².